The smallest absolute Gasteiger partial charge is 0.326 e. The molecule has 0 spiro atoms. The van der Waals surface area contributed by atoms with E-state index in [9.17, 15) is 14.7 Å². The number of likely N-dealkylation sites (tertiary alicyclic amines) is 1. The molecule has 0 bridgehead atoms. The molecule has 1 atom stereocenters. The number of carboxylic acid groups (broad SMARTS) is 1. The van der Waals surface area contributed by atoms with Crippen LogP contribution in [-0.4, -0.2) is 51.8 Å². The minimum Gasteiger partial charge on any atom is -0.480 e. The van der Waals surface area contributed by atoms with Crippen LogP contribution < -0.4 is 5.32 Å². The summed E-state index contributed by atoms with van der Waals surface area (Å²) >= 11 is 0. The van der Waals surface area contributed by atoms with Gasteiger partial charge in [-0.05, 0) is 25.7 Å². The summed E-state index contributed by atoms with van der Waals surface area (Å²) in [7, 11) is 0. The molecule has 1 aliphatic heterocycles. The van der Waals surface area contributed by atoms with E-state index in [1.165, 1.54) is 0 Å². The number of carboxylic acids is 1. The summed E-state index contributed by atoms with van der Waals surface area (Å²) in [6.07, 6.45) is 1.03. The molecule has 6 nitrogen and oxygen atoms in total. The zero-order valence-corrected chi connectivity index (χ0v) is 11.1. The van der Waals surface area contributed by atoms with Gasteiger partial charge in [-0.25, -0.2) is 9.59 Å². The van der Waals surface area contributed by atoms with Crippen LogP contribution >= 0.6 is 0 Å². The van der Waals surface area contributed by atoms with Crippen LogP contribution in [0.3, 0.4) is 0 Å². The highest BCUT2D eigenvalue weighted by Gasteiger charge is 2.31. The topological polar surface area (TPSA) is 89.9 Å². The average molecular weight is 258 g/mol. The predicted molar refractivity (Wildman–Crippen MR) is 66.2 cm³/mol. The van der Waals surface area contributed by atoms with E-state index in [-0.39, 0.29) is 11.9 Å². The molecular formula is C12H22N2O4. The maximum Gasteiger partial charge on any atom is 0.326 e. The van der Waals surface area contributed by atoms with Gasteiger partial charge in [-0.3, -0.25) is 0 Å². The fourth-order valence-electron chi connectivity index (χ4n) is 1.93. The van der Waals surface area contributed by atoms with Crippen molar-refractivity contribution in [2.45, 2.75) is 45.3 Å². The van der Waals surface area contributed by atoms with E-state index in [0.29, 0.717) is 25.9 Å². The van der Waals surface area contributed by atoms with Crippen molar-refractivity contribution in [3.63, 3.8) is 0 Å². The van der Waals surface area contributed by atoms with E-state index in [2.05, 4.69) is 5.32 Å². The number of carbonyl (C=O) groups is 2. The van der Waals surface area contributed by atoms with E-state index >= 15 is 0 Å². The molecule has 18 heavy (non-hydrogen) atoms. The van der Waals surface area contributed by atoms with Crippen LogP contribution in [0.4, 0.5) is 4.79 Å². The minimum atomic E-state index is -1.03. The normalized spacial score (nSPS) is 20.6. The molecule has 0 aromatic carbocycles. The van der Waals surface area contributed by atoms with E-state index in [4.69, 9.17) is 5.11 Å². The van der Waals surface area contributed by atoms with Crippen molar-refractivity contribution >= 4 is 12.0 Å². The number of aliphatic hydroxyl groups is 1. The van der Waals surface area contributed by atoms with Gasteiger partial charge in [-0.2, -0.15) is 0 Å². The van der Waals surface area contributed by atoms with Crippen LogP contribution in [0, 0.1) is 5.92 Å². The van der Waals surface area contributed by atoms with Gasteiger partial charge in [0.15, 0.2) is 0 Å². The van der Waals surface area contributed by atoms with Gasteiger partial charge in [0.05, 0.1) is 5.60 Å². The van der Waals surface area contributed by atoms with Crippen molar-refractivity contribution in [3.8, 4) is 0 Å². The van der Waals surface area contributed by atoms with E-state index in [1.54, 1.807) is 25.7 Å². The monoisotopic (exact) mass is 258 g/mol. The summed E-state index contributed by atoms with van der Waals surface area (Å²) < 4.78 is 0. The highest BCUT2D eigenvalue weighted by molar-refractivity contribution is 5.82. The number of rotatable bonds is 3. The molecule has 2 amide bonds. The van der Waals surface area contributed by atoms with Crippen molar-refractivity contribution in [3.05, 3.63) is 0 Å². The van der Waals surface area contributed by atoms with Crippen LogP contribution in [0.25, 0.3) is 0 Å². The Morgan fingerprint density at radius 3 is 2.17 bits per heavy atom. The maximum atomic E-state index is 11.9. The second-order valence-corrected chi connectivity index (χ2v) is 5.49. The molecule has 0 aliphatic carbocycles. The first-order chi connectivity index (χ1) is 8.23. The molecule has 1 fully saturated rings. The summed E-state index contributed by atoms with van der Waals surface area (Å²) in [6.45, 7) is 6.14. The van der Waals surface area contributed by atoms with Gasteiger partial charge in [-0.15, -0.1) is 0 Å². The molecular weight excluding hydrogens is 236 g/mol. The number of hydrogen-bond acceptors (Lipinski definition) is 3. The summed E-state index contributed by atoms with van der Waals surface area (Å²) in [5.74, 6) is -1.19. The molecule has 0 radical (unpaired) electrons. The molecule has 6 heteroatoms. The first kappa shape index (κ1) is 14.8. The number of piperidine rings is 1. The largest absolute Gasteiger partial charge is 0.480 e. The van der Waals surface area contributed by atoms with Gasteiger partial charge in [0.2, 0.25) is 0 Å². The Morgan fingerprint density at radius 2 is 1.78 bits per heavy atom. The lowest BCUT2D eigenvalue weighted by atomic mass is 9.94. The Labute approximate surface area is 107 Å². The van der Waals surface area contributed by atoms with Crippen LogP contribution in [0.1, 0.15) is 33.6 Å². The number of urea groups is 1. The molecule has 0 aromatic rings. The zero-order chi connectivity index (χ0) is 13.9. The predicted octanol–water partition coefficient (Wildman–Crippen LogP) is 0.652. The van der Waals surface area contributed by atoms with E-state index < -0.39 is 17.6 Å². The summed E-state index contributed by atoms with van der Waals surface area (Å²) in [6, 6.07) is -1.24. The van der Waals surface area contributed by atoms with Gasteiger partial charge in [0.1, 0.15) is 6.04 Å². The van der Waals surface area contributed by atoms with Gasteiger partial charge >= 0.3 is 12.0 Å². The fraction of sp³-hybridized carbons (Fsp3) is 0.833. The van der Waals surface area contributed by atoms with Crippen molar-refractivity contribution < 1.29 is 19.8 Å². The van der Waals surface area contributed by atoms with E-state index in [1.807, 2.05) is 0 Å². The SMILES string of the molecule is CC(C)[C@@H](NC(=O)N1CCC(C)(O)CC1)C(=O)O. The molecule has 0 saturated carbocycles. The van der Waals surface area contributed by atoms with Crippen LogP contribution in [0.2, 0.25) is 0 Å². The molecule has 1 aliphatic rings. The first-order valence-electron chi connectivity index (χ1n) is 6.23. The van der Waals surface area contributed by atoms with Crippen LogP contribution in [-0.2, 0) is 4.79 Å². The van der Waals surface area contributed by atoms with Gasteiger partial charge in [0.25, 0.3) is 0 Å². The van der Waals surface area contributed by atoms with Crippen LogP contribution in [0.5, 0.6) is 0 Å². The lowest BCUT2D eigenvalue weighted by Gasteiger charge is -2.36. The van der Waals surface area contributed by atoms with Gasteiger partial charge < -0.3 is 20.4 Å². The number of carbonyl (C=O) groups excluding carboxylic acids is 1. The third kappa shape index (κ3) is 3.87. The third-order valence-corrected chi connectivity index (χ3v) is 3.34. The standard InChI is InChI=1S/C12H22N2O4/c1-8(2)9(10(15)16)13-11(17)14-6-4-12(3,18)5-7-14/h8-9,18H,4-7H2,1-3H3,(H,13,17)(H,15,16)/t9-/m1/s1. The second kappa shape index (κ2) is 5.56. The summed E-state index contributed by atoms with van der Waals surface area (Å²) in [5, 5.41) is 21.3. The highest BCUT2D eigenvalue weighted by Crippen LogP contribution is 2.21. The molecule has 1 heterocycles. The number of hydrogen-bond donors (Lipinski definition) is 3. The summed E-state index contributed by atoms with van der Waals surface area (Å²) in [4.78, 5) is 24.4. The lowest BCUT2D eigenvalue weighted by molar-refractivity contribution is -0.140. The lowest BCUT2D eigenvalue weighted by Crippen LogP contribution is -2.53. The van der Waals surface area contributed by atoms with Crippen molar-refractivity contribution in [2.75, 3.05) is 13.1 Å². The van der Waals surface area contributed by atoms with Crippen molar-refractivity contribution in [2.24, 2.45) is 5.92 Å². The quantitative estimate of drug-likeness (QED) is 0.693. The van der Waals surface area contributed by atoms with Gasteiger partial charge in [0, 0.05) is 13.1 Å². The van der Waals surface area contributed by atoms with E-state index in [0.717, 1.165) is 0 Å². The molecule has 104 valence electrons. The molecule has 1 saturated heterocycles. The third-order valence-electron chi connectivity index (χ3n) is 3.34. The van der Waals surface area contributed by atoms with Crippen molar-refractivity contribution in [1.82, 2.24) is 10.2 Å². The minimum absolute atomic E-state index is 0.167. The number of nitrogens with zero attached hydrogens (tertiary/aromatic N) is 1. The summed E-state index contributed by atoms with van der Waals surface area (Å²) in [5.41, 5.74) is -0.721. The highest BCUT2D eigenvalue weighted by atomic mass is 16.4. The molecule has 3 N–H and O–H groups in total. The van der Waals surface area contributed by atoms with Crippen LogP contribution in [0.15, 0.2) is 0 Å². The Kier molecular flexibility index (Phi) is 4.56. The number of nitrogens with one attached hydrogen (secondary N) is 1. The Morgan fingerprint density at radius 1 is 1.28 bits per heavy atom. The molecule has 1 rings (SSSR count). The second-order valence-electron chi connectivity index (χ2n) is 5.49. The Hall–Kier alpha value is -1.30. The maximum absolute atomic E-state index is 11.9. The fourth-order valence-corrected chi connectivity index (χ4v) is 1.93. The zero-order valence-electron chi connectivity index (χ0n) is 11.1. The molecule has 0 unspecified atom stereocenters. The Bertz CT molecular complexity index is 318. The van der Waals surface area contributed by atoms with Gasteiger partial charge in [-0.1, -0.05) is 13.8 Å². The first-order valence-corrected chi connectivity index (χ1v) is 6.23. The molecule has 0 aromatic heterocycles. The average Bonchev–Trinajstić information content (AvgIpc) is 2.24. The Balaban J connectivity index is 2.53. The number of aliphatic carboxylic acids is 1. The number of amides is 2. The van der Waals surface area contributed by atoms with Crippen molar-refractivity contribution in [1.29, 1.82) is 0 Å².